The Balaban J connectivity index is 3.83. The zero-order chi connectivity index (χ0) is 6.57. The average Bonchev–Trinajstić information content (AvgIpc) is 1.84. The fraction of sp³-hybridized carbons (Fsp3) is 0.333. The third-order valence-electron chi connectivity index (χ3n) is 0.580. The second-order valence-corrected chi connectivity index (χ2v) is 1.13. The zero-order valence-corrected chi connectivity index (χ0v) is 4.25. The lowest BCUT2D eigenvalue weighted by Gasteiger charge is -1.90. The lowest BCUT2D eigenvalue weighted by atomic mass is 10.4. The smallest absolute Gasteiger partial charge is 0.292 e. The van der Waals surface area contributed by atoms with Gasteiger partial charge >= 0.3 is 0 Å². The second kappa shape index (κ2) is 2.98. The van der Waals surface area contributed by atoms with Gasteiger partial charge in [0.2, 0.25) is 0 Å². The molecule has 0 spiro atoms. The predicted molar refractivity (Wildman–Crippen MR) is 24.8 cm³/mol. The molecule has 0 atom stereocenters. The highest BCUT2D eigenvalue weighted by Crippen LogP contribution is 1.70. The molecule has 0 saturated heterocycles. The number of nitrogens with zero attached hydrogens (tertiary/aromatic N) is 1. The highest BCUT2D eigenvalue weighted by Gasteiger charge is 2.01. The second-order valence-electron chi connectivity index (χ2n) is 1.13. The summed E-state index contributed by atoms with van der Waals surface area (Å²) >= 11 is 0. The standard InChI is InChI=1S/C3H6N2O3/c1-2(4-7)3(6)5-8/h7-8H,1H3,(H,5,6)/b4-2+. The molecule has 5 heteroatoms. The van der Waals surface area contributed by atoms with E-state index < -0.39 is 5.91 Å². The van der Waals surface area contributed by atoms with Crippen LogP contribution in [0.15, 0.2) is 5.16 Å². The maximum absolute atomic E-state index is 10.1. The SMILES string of the molecule is C/C(=N\O)C(=O)NO. The van der Waals surface area contributed by atoms with Gasteiger partial charge in [0.15, 0.2) is 0 Å². The van der Waals surface area contributed by atoms with E-state index in [9.17, 15) is 4.79 Å². The molecule has 0 fully saturated rings. The Morgan fingerprint density at radius 1 is 1.75 bits per heavy atom. The fourth-order valence-corrected chi connectivity index (χ4v) is 0.126. The van der Waals surface area contributed by atoms with Crippen LogP contribution in [0, 0.1) is 0 Å². The lowest BCUT2D eigenvalue weighted by molar-refractivity contribution is -0.122. The number of nitrogens with one attached hydrogen (secondary N) is 1. The Bertz CT molecular complexity index is 120. The van der Waals surface area contributed by atoms with Crippen molar-refractivity contribution in [2.45, 2.75) is 6.92 Å². The molecule has 0 saturated carbocycles. The molecule has 0 bridgehead atoms. The van der Waals surface area contributed by atoms with Crippen LogP contribution in [0.25, 0.3) is 0 Å². The van der Waals surface area contributed by atoms with Crippen molar-refractivity contribution in [3.8, 4) is 0 Å². The van der Waals surface area contributed by atoms with Crippen LogP contribution in [-0.4, -0.2) is 22.0 Å². The van der Waals surface area contributed by atoms with E-state index in [1.54, 1.807) is 0 Å². The molecule has 0 aromatic heterocycles. The average molecular weight is 118 g/mol. The summed E-state index contributed by atoms with van der Waals surface area (Å²) < 4.78 is 0. The Morgan fingerprint density at radius 3 is 2.38 bits per heavy atom. The van der Waals surface area contributed by atoms with Gasteiger partial charge in [-0.2, -0.15) is 0 Å². The molecule has 0 heterocycles. The number of rotatable bonds is 1. The summed E-state index contributed by atoms with van der Waals surface area (Å²) in [5, 5.41) is 18.2. The fourth-order valence-electron chi connectivity index (χ4n) is 0.126. The van der Waals surface area contributed by atoms with Gasteiger partial charge < -0.3 is 5.21 Å². The van der Waals surface area contributed by atoms with Crippen molar-refractivity contribution in [3.63, 3.8) is 0 Å². The maximum atomic E-state index is 10.1. The summed E-state index contributed by atoms with van der Waals surface area (Å²) in [5.74, 6) is -0.812. The van der Waals surface area contributed by atoms with Crippen LogP contribution in [0.1, 0.15) is 6.92 Å². The van der Waals surface area contributed by atoms with Gasteiger partial charge in [-0.3, -0.25) is 10.0 Å². The summed E-state index contributed by atoms with van der Waals surface area (Å²) in [6.07, 6.45) is 0. The van der Waals surface area contributed by atoms with Crippen molar-refractivity contribution >= 4 is 11.6 Å². The van der Waals surface area contributed by atoms with Crippen molar-refractivity contribution in [2.75, 3.05) is 0 Å². The predicted octanol–water partition coefficient (Wildman–Crippen LogP) is -0.658. The number of carbonyl (C=O) groups is 1. The van der Waals surface area contributed by atoms with E-state index in [0.717, 1.165) is 0 Å². The molecule has 5 nitrogen and oxygen atoms in total. The van der Waals surface area contributed by atoms with Gasteiger partial charge in [-0.25, -0.2) is 5.48 Å². The van der Waals surface area contributed by atoms with Crippen LogP contribution in [-0.2, 0) is 4.79 Å². The van der Waals surface area contributed by atoms with E-state index in [0.29, 0.717) is 0 Å². The first-order valence-corrected chi connectivity index (χ1v) is 1.85. The third-order valence-corrected chi connectivity index (χ3v) is 0.580. The summed E-state index contributed by atoms with van der Waals surface area (Å²) in [6, 6.07) is 0. The minimum atomic E-state index is -0.812. The van der Waals surface area contributed by atoms with Crippen molar-refractivity contribution in [1.29, 1.82) is 0 Å². The molecule has 0 aromatic carbocycles. The van der Waals surface area contributed by atoms with E-state index in [4.69, 9.17) is 10.4 Å². The molecule has 0 aromatic rings. The van der Waals surface area contributed by atoms with Crippen molar-refractivity contribution in [3.05, 3.63) is 0 Å². The number of carbonyl (C=O) groups excluding carboxylic acids is 1. The first-order chi connectivity index (χ1) is 3.72. The first-order valence-electron chi connectivity index (χ1n) is 1.85. The Labute approximate surface area is 45.6 Å². The third kappa shape index (κ3) is 1.57. The van der Waals surface area contributed by atoms with Crippen molar-refractivity contribution < 1.29 is 15.2 Å². The molecule has 1 amide bonds. The molecule has 46 valence electrons. The number of amides is 1. The molecule has 0 aliphatic carbocycles. The summed E-state index contributed by atoms with van der Waals surface area (Å²) in [5.41, 5.74) is 1.10. The topological polar surface area (TPSA) is 81.9 Å². The Kier molecular flexibility index (Phi) is 2.57. The molecular formula is C3H6N2O3. The van der Waals surface area contributed by atoms with Gasteiger partial charge in [0, 0.05) is 0 Å². The minimum Gasteiger partial charge on any atom is -0.410 e. The molecule has 0 radical (unpaired) electrons. The van der Waals surface area contributed by atoms with Crippen LogP contribution in [0.2, 0.25) is 0 Å². The molecular weight excluding hydrogens is 112 g/mol. The van der Waals surface area contributed by atoms with Crippen LogP contribution in [0.4, 0.5) is 0 Å². The normalized spacial score (nSPS) is 11.0. The number of hydroxylamine groups is 1. The van der Waals surface area contributed by atoms with Gasteiger partial charge in [-0.05, 0) is 6.92 Å². The molecule has 8 heavy (non-hydrogen) atoms. The summed E-state index contributed by atoms with van der Waals surface area (Å²) in [7, 11) is 0. The molecule has 0 aliphatic heterocycles. The van der Waals surface area contributed by atoms with E-state index >= 15 is 0 Å². The largest absolute Gasteiger partial charge is 0.410 e. The number of hydrogen-bond donors (Lipinski definition) is 3. The minimum absolute atomic E-state index is 0.187. The molecule has 0 unspecified atom stereocenters. The highest BCUT2D eigenvalue weighted by atomic mass is 16.5. The first kappa shape index (κ1) is 6.90. The molecule has 3 N–H and O–H groups in total. The summed E-state index contributed by atoms with van der Waals surface area (Å²) in [6.45, 7) is 1.26. The Morgan fingerprint density at radius 2 is 2.25 bits per heavy atom. The lowest BCUT2D eigenvalue weighted by Crippen LogP contribution is -2.25. The number of hydrogen-bond acceptors (Lipinski definition) is 4. The Hall–Kier alpha value is -1.10. The van der Waals surface area contributed by atoms with Crippen molar-refractivity contribution in [1.82, 2.24) is 5.48 Å². The zero-order valence-electron chi connectivity index (χ0n) is 4.25. The van der Waals surface area contributed by atoms with Crippen LogP contribution in [0.3, 0.4) is 0 Å². The monoisotopic (exact) mass is 118 g/mol. The maximum Gasteiger partial charge on any atom is 0.292 e. The molecule has 0 rings (SSSR count). The van der Waals surface area contributed by atoms with Gasteiger partial charge in [-0.15, -0.1) is 0 Å². The van der Waals surface area contributed by atoms with Crippen molar-refractivity contribution in [2.24, 2.45) is 5.16 Å². The van der Waals surface area contributed by atoms with Gasteiger partial charge in [0.25, 0.3) is 5.91 Å². The van der Waals surface area contributed by atoms with E-state index in [2.05, 4.69) is 5.16 Å². The summed E-state index contributed by atoms with van der Waals surface area (Å²) in [4.78, 5) is 10.1. The van der Waals surface area contributed by atoms with Crippen LogP contribution < -0.4 is 5.48 Å². The van der Waals surface area contributed by atoms with Gasteiger partial charge in [0.1, 0.15) is 5.71 Å². The highest BCUT2D eigenvalue weighted by molar-refractivity contribution is 6.37. The van der Waals surface area contributed by atoms with Crippen LogP contribution >= 0.6 is 0 Å². The van der Waals surface area contributed by atoms with E-state index in [1.165, 1.54) is 12.4 Å². The van der Waals surface area contributed by atoms with Gasteiger partial charge in [-0.1, -0.05) is 5.16 Å². The molecule has 0 aliphatic rings. The quantitative estimate of drug-likeness (QED) is 0.185. The van der Waals surface area contributed by atoms with Crippen LogP contribution in [0.5, 0.6) is 0 Å². The number of oxime groups is 1. The van der Waals surface area contributed by atoms with E-state index in [-0.39, 0.29) is 5.71 Å². The van der Waals surface area contributed by atoms with Gasteiger partial charge in [0.05, 0.1) is 0 Å². The van der Waals surface area contributed by atoms with E-state index in [1.807, 2.05) is 0 Å².